The fraction of sp³-hybridized carbons (Fsp3) is 0.545. The highest BCUT2D eigenvalue weighted by Crippen LogP contribution is 2.41. The Morgan fingerprint density at radius 3 is 1.45 bits per heavy atom. The van der Waals surface area contributed by atoms with Crippen molar-refractivity contribution in [3.8, 4) is 40.1 Å². The summed E-state index contributed by atoms with van der Waals surface area (Å²) in [6.45, 7) is -2.39. The molecule has 4 heterocycles. The summed E-state index contributed by atoms with van der Waals surface area (Å²) in [7, 11) is 0. The Labute approximate surface area is 307 Å². The number of aromatic hydroxyl groups is 2. The van der Waals surface area contributed by atoms with E-state index in [0.29, 0.717) is 0 Å². The van der Waals surface area contributed by atoms with E-state index in [1.165, 1.54) is 6.07 Å². The van der Waals surface area contributed by atoms with E-state index >= 15 is 0 Å². The average Bonchev–Trinajstić information content (AvgIpc) is 3.17. The molecule has 3 saturated heterocycles. The van der Waals surface area contributed by atoms with E-state index in [9.17, 15) is 76.3 Å². The van der Waals surface area contributed by atoms with Gasteiger partial charge in [-0.25, -0.2) is 0 Å². The summed E-state index contributed by atoms with van der Waals surface area (Å²) >= 11 is 0. The lowest BCUT2D eigenvalue weighted by molar-refractivity contribution is -0.278. The van der Waals surface area contributed by atoms with Crippen LogP contribution in [-0.2, 0) is 14.2 Å². The average molecular weight is 789 g/mol. The number of phenols is 1. The second kappa shape index (κ2) is 16.3. The Morgan fingerprint density at radius 1 is 0.545 bits per heavy atom. The molecule has 2 aromatic carbocycles. The van der Waals surface area contributed by atoms with E-state index in [1.807, 2.05) is 0 Å². The minimum absolute atomic E-state index is 0.160. The van der Waals surface area contributed by atoms with E-state index in [4.69, 9.17) is 32.8 Å². The molecule has 1 aromatic heterocycles. The van der Waals surface area contributed by atoms with Crippen LogP contribution in [0.5, 0.6) is 28.7 Å². The van der Waals surface area contributed by atoms with Gasteiger partial charge in [0, 0.05) is 17.7 Å². The number of aliphatic hydroxyl groups is 12. The predicted octanol–water partition coefficient (Wildman–Crippen LogP) is -5.59. The fourth-order valence-electron chi connectivity index (χ4n) is 6.24. The van der Waals surface area contributed by atoms with Gasteiger partial charge in [-0.3, -0.25) is 4.79 Å². The van der Waals surface area contributed by atoms with Crippen molar-refractivity contribution < 1.29 is 104 Å². The number of ether oxygens (including phenoxy) is 6. The first-order valence-corrected chi connectivity index (χ1v) is 16.7. The zero-order valence-corrected chi connectivity index (χ0v) is 28.2. The summed E-state index contributed by atoms with van der Waals surface area (Å²) in [6, 6.07) is 5.25. The molecule has 22 heteroatoms. The molecule has 14 N–H and O–H groups in total. The topological polar surface area (TPSA) is 369 Å². The number of aliphatic hydroxyl groups excluding tert-OH is 12. The Morgan fingerprint density at radius 2 is 1.00 bits per heavy atom. The lowest BCUT2D eigenvalue weighted by Gasteiger charge is -2.40. The molecule has 0 spiro atoms. The lowest BCUT2D eigenvalue weighted by atomic mass is 9.99. The van der Waals surface area contributed by atoms with Crippen LogP contribution in [0.2, 0.25) is 0 Å². The van der Waals surface area contributed by atoms with Crippen molar-refractivity contribution in [1.29, 1.82) is 0 Å². The van der Waals surface area contributed by atoms with Crippen LogP contribution in [-0.4, -0.2) is 183 Å². The minimum atomic E-state index is -1.98. The SMILES string of the molecule is O=c1c(O)c(-c2ccc(O[C@@H]3O[C@H](CO)[C@@H](O)[C@H](O)[C@H]3O)c(O)c2)oc2cc(O[C@@H]3O[C@H](CO)[C@@H](O)[C@H](O)[C@H]3O)cc(O[C@@H]3O[C@H](CO)[C@@H](O)[C@H](O)[C@H]3O)c12. The maximum absolute atomic E-state index is 13.8. The molecular formula is C33H40O22. The number of hydrogen-bond donors (Lipinski definition) is 14. The van der Waals surface area contributed by atoms with E-state index < -0.39 is 151 Å². The predicted molar refractivity (Wildman–Crippen MR) is 174 cm³/mol. The number of fused-ring (bicyclic) bond motifs is 1. The second-order valence-corrected chi connectivity index (χ2v) is 13.0. The Balaban J connectivity index is 1.39. The molecule has 6 rings (SSSR count). The molecule has 0 aliphatic carbocycles. The van der Waals surface area contributed by atoms with Crippen molar-refractivity contribution in [2.75, 3.05) is 19.8 Å². The van der Waals surface area contributed by atoms with Crippen molar-refractivity contribution in [3.63, 3.8) is 0 Å². The van der Waals surface area contributed by atoms with Crippen LogP contribution in [0, 0.1) is 0 Å². The molecule has 0 unspecified atom stereocenters. The largest absolute Gasteiger partial charge is 0.504 e. The van der Waals surface area contributed by atoms with Gasteiger partial charge in [-0.1, -0.05) is 0 Å². The van der Waals surface area contributed by atoms with Crippen LogP contribution >= 0.6 is 0 Å². The molecule has 0 bridgehead atoms. The molecule has 304 valence electrons. The summed E-state index contributed by atoms with van der Waals surface area (Å²) in [5.41, 5.74) is -1.79. The van der Waals surface area contributed by atoms with Gasteiger partial charge in [-0.2, -0.15) is 0 Å². The van der Waals surface area contributed by atoms with Gasteiger partial charge in [0.2, 0.25) is 30.0 Å². The summed E-state index contributed by atoms with van der Waals surface area (Å²) < 4.78 is 38.8. The fourth-order valence-corrected chi connectivity index (χ4v) is 6.24. The van der Waals surface area contributed by atoms with E-state index in [1.54, 1.807) is 0 Å². The van der Waals surface area contributed by atoms with Gasteiger partial charge in [0.15, 0.2) is 17.3 Å². The smallest absolute Gasteiger partial charge is 0.238 e. The van der Waals surface area contributed by atoms with Crippen LogP contribution in [0.15, 0.2) is 39.5 Å². The van der Waals surface area contributed by atoms with Gasteiger partial charge >= 0.3 is 0 Å². The van der Waals surface area contributed by atoms with Gasteiger partial charge in [0.05, 0.1) is 19.8 Å². The normalized spacial score (nSPS) is 36.8. The van der Waals surface area contributed by atoms with Crippen LogP contribution in [0.4, 0.5) is 0 Å². The standard InChI is InChI=1S/C33H40O22/c34-6-15-19(38)23(42)27(46)31(53-15)49-10-4-13-18(14(5-10)52-33-29(48)25(44)21(40)17(8-36)55-33)22(41)26(45)30(50-13)9-1-2-12(11(37)3-9)51-32-28(47)24(43)20(39)16(7-35)54-32/h1-5,15-17,19-21,23-25,27-29,31-40,42-48H,6-8H2/t15-,16-,17-,19-,20-,21-,23+,24+,25+,27-,28-,29-,31-,32-,33-/m1/s1. The Bertz CT molecular complexity index is 1870. The molecule has 55 heavy (non-hydrogen) atoms. The van der Waals surface area contributed by atoms with E-state index in [-0.39, 0.29) is 17.1 Å². The van der Waals surface area contributed by atoms with Gasteiger partial charge in [-0.15, -0.1) is 0 Å². The van der Waals surface area contributed by atoms with Crippen LogP contribution in [0.3, 0.4) is 0 Å². The number of phenolic OH excluding ortho intramolecular Hbond substituents is 1. The number of benzene rings is 2. The molecular weight excluding hydrogens is 748 g/mol. The molecule has 22 nitrogen and oxygen atoms in total. The minimum Gasteiger partial charge on any atom is -0.504 e. The third-order valence-corrected chi connectivity index (χ3v) is 9.41. The molecule has 3 aliphatic heterocycles. The molecule has 0 saturated carbocycles. The summed E-state index contributed by atoms with van der Waals surface area (Å²) in [6.07, 6.45) is -25.9. The molecule has 0 amide bonds. The zero-order valence-electron chi connectivity index (χ0n) is 28.2. The third-order valence-electron chi connectivity index (χ3n) is 9.41. The number of rotatable bonds is 10. The summed E-state index contributed by atoms with van der Waals surface area (Å²) in [5, 5.41) is 143. The third kappa shape index (κ3) is 7.63. The quantitative estimate of drug-likeness (QED) is 0.0910. The summed E-state index contributed by atoms with van der Waals surface area (Å²) in [4.78, 5) is 13.8. The monoisotopic (exact) mass is 788 g/mol. The first kappa shape index (κ1) is 40.7. The maximum Gasteiger partial charge on any atom is 0.238 e. The highest BCUT2D eigenvalue weighted by molar-refractivity contribution is 5.88. The Kier molecular flexibility index (Phi) is 12.0. The highest BCUT2D eigenvalue weighted by Gasteiger charge is 2.47. The number of hydrogen-bond acceptors (Lipinski definition) is 22. The van der Waals surface area contributed by atoms with Crippen molar-refractivity contribution in [3.05, 3.63) is 40.6 Å². The molecule has 3 aromatic rings. The molecule has 0 radical (unpaired) electrons. The van der Waals surface area contributed by atoms with Crippen molar-refractivity contribution in [1.82, 2.24) is 0 Å². The van der Waals surface area contributed by atoms with Crippen molar-refractivity contribution >= 4 is 11.0 Å². The Hall–Kier alpha value is -3.95. The summed E-state index contributed by atoms with van der Waals surface area (Å²) in [5.74, 6) is -3.60. The van der Waals surface area contributed by atoms with Gasteiger partial charge in [-0.05, 0) is 18.2 Å². The van der Waals surface area contributed by atoms with Gasteiger partial charge in [0.25, 0.3) is 0 Å². The van der Waals surface area contributed by atoms with E-state index in [0.717, 1.165) is 24.3 Å². The lowest BCUT2D eigenvalue weighted by Crippen LogP contribution is -2.60. The van der Waals surface area contributed by atoms with Crippen LogP contribution in [0.1, 0.15) is 0 Å². The van der Waals surface area contributed by atoms with E-state index in [2.05, 4.69) is 0 Å². The van der Waals surface area contributed by atoms with Crippen molar-refractivity contribution in [2.24, 2.45) is 0 Å². The molecule has 3 fully saturated rings. The first-order chi connectivity index (χ1) is 26.1. The first-order valence-electron chi connectivity index (χ1n) is 16.7. The van der Waals surface area contributed by atoms with Crippen LogP contribution < -0.4 is 19.6 Å². The van der Waals surface area contributed by atoms with Crippen LogP contribution in [0.25, 0.3) is 22.3 Å². The zero-order chi connectivity index (χ0) is 40.0. The van der Waals surface area contributed by atoms with Gasteiger partial charge in [0.1, 0.15) is 95.7 Å². The molecule has 15 atom stereocenters. The highest BCUT2D eigenvalue weighted by atomic mass is 16.7. The second-order valence-electron chi connectivity index (χ2n) is 13.0. The van der Waals surface area contributed by atoms with Gasteiger partial charge < -0.3 is 104 Å². The molecule has 3 aliphatic rings. The van der Waals surface area contributed by atoms with Crippen molar-refractivity contribution in [2.45, 2.75) is 92.1 Å². The maximum atomic E-state index is 13.8.